The van der Waals surface area contributed by atoms with Gasteiger partial charge < -0.3 is 10.1 Å². The highest BCUT2D eigenvalue weighted by atomic mass is 35.5. The molecule has 1 atom stereocenters. The lowest BCUT2D eigenvalue weighted by molar-refractivity contribution is 0.221. The second-order valence-corrected chi connectivity index (χ2v) is 7.46. The molecule has 0 amide bonds. The van der Waals surface area contributed by atoms with Crippen LogP contribution in [0.5, 0.6) is 0 Å². The molecule has 0 radical (unpaired) electrons. The van der Waals surface area contributed by atoms with Crippen molar-refractivity contribution >= 4 is 22.9 Å². The number of aromatic nitrogens is 3. The number of aromatic amines is 1. The molecule has 1 aromatic carbocycles. The summed E-state index contributed by atoms with van der Waals surface area (Å²) in [5, 5.41) is 11.6. The van der Waals surface area contributed by atoms with E-state index in [0.717, 1.165) is 38.0 Å². The lowest BCUT2D eigenvalue weighted by Gasteiger charge is -2.11. The SMILES string of the molecule is Cc1cc(-c2cc(C(O)c3ccc(Cl)cc3)c(-c3ncc[nH]3)s2)ccn1. The Morgan fingerprint density at radius 1 is 1.08 bits per heavy atom. The first-order valence-corrected chi connectivity index (χ1v) is 9.31. The molecule has 4 rings (SSSR count). The molecule has 4 aromatic rings. The third kappa shape index (κ3) is 3.29. The molecule has 0 bridgehead atoms. The predicted octanol–water partition coefficient (Wildman–Crippen LogP) is 5.24. The molecule has 3 aromatic heterocycles. The Bertz CT molecular complexity index is 1030. The maximum Gasteiger partial charge on any atom is 0.147 e. The van der Waals surface area contributed by atoms with Gasteiger partial charge in [-0.1, -0.05) is 23.7 Å². The summed E-state index contributed by atoms with van der Waals surface area (Å²) in [6.07, 6.45) is 4.53. The molecule has 1 unspecified atom stereocenters. The largest absolute Gasteiger partial charge is 0.384 e. The van der Waals surface area contributed by atoms with Gasteiger partial charge in [0, 0.05) is 39.7 Å². The van der Waals surface area contributed by atoms with Crippen LogP contribution in [-0.4, -0.2) is 20.1 Å². The van der Waals surface area contributed by atoms with Gasteiger partial charge in [0.05, 0.1) is 4.88 Å². The minimum Gasteiger partial charge on any atom is -0.384 e. The smallest absolute Gasteiger partial charge is 0.147 e. The minimum atomic E-state index is -0.764. The van der Waals surface area contributed by atoms with E-state index in [2.05, 4.69) is 15.0 Å². The van der Waals surface area contributed by atoms with Gasteiger partial charge >= 0.3 is 0 Å². The molecule has 0 saturated carbocycles. The summed E-state index contributed by atoms with van der Waals surface area (Å²) in [5.74, 6) is 0.745. The maximum atomic E-state index is 11.0. The highest BCUT2D eigenvalue weighted by molar-refractivity contribution is 7.19. The highest BCUT2D eigenvalue weighted by Crippen LogP contribution is 2.41. The third-order valence-corrected chi connectivity index (χ3v) is 5.59. The van der Waals surface area contributed by atoms with Gasteiger partial charge in [-0.2, -0.15) is 0 Å². The van der Waals surface area contributed by atoms with Crippen molar-refractivity contribution in [3.63, 3.8) is 0 Å². The molecule has 0 saturated heterocycles. The fourth-order valence-electron chi connectivity index (χ4n) is 2.85. The van der Waals surface area contributed by atoms with E-state index in [-0.39, 0.29) is 0 Å². The Morgan fingerprint density at radius 2 is 1.88 bits per heavy atom. The van der Waals surface area contributed by atoms with Crippen molar-refractivity contribution < 1.29 is 5.11 Å². The fourth-order valence-corrected chi connectivity index (χ4v) is 4.12. The van der Waals surface area contributed by atoms with Gasteiger partial charge in [-0.3, -0.25) is 4.98 Å². The summed E-state index contributed by atoms with van der Waals surface area (Å²) in [4.78, 5) is 13.8. The number of hydrogen-bond donors (Lipinski definition) is 2. The zero-order chi connectivity index (χ0) is 18.1. The Labute approximate surface area is 160 Å². The molecule has 3 heterocycles. The van der Waals surface area contributed by atoms with Gasteiger partial charge in [-0.05, 0) is 48.4 Å². The number of nitrogens with one attached hydrogen (secondary N) is 1. The summed E-state index contributed by atoms with van der Waals surface area (Å²) in [6.45, 7) is 1.97. The number of thiophene rings is 1. The van der Waals surface area contributed by atoms with Crippen LogP contribution in [-0.2, 0) is 0 Å². The Kier molecular flexibility index (Phi) is 4.59. The van der Waals surface area contributed by atoms with Crippen LogP contribution >= 0.6 is 22.9 Å². The first-order valence-electron chi connectivity index (χ1n) is 8.12. The first kappa shape index (κ1) is 17.0. The van der Waals surface area contributed by atoms with Crippen molar-refractivity contribution in [3.8, 4) is 21.1 Å². The molecule has 26 heavy (non-hydrogen) atoms. The van der Waals surface area contributed by atoms with Crippen molar-refractivity contribution in [1.82, 2.24) is 15.0 Å². The van der Waals surface area contributed by atoms with Gasteiger partial charge in [0.2, 0.25) is 0 Å². The fraction of sp³-hybridized carbons (Fsp3) is 0.100. The Morgan fingerprint density at radius 3 is 2.58 bits per heavy atom. The zero-order valence-corrected chi connectivity index (χ0v) is 15.6. The van der Waals surface area contributed by atoms with Gasteiger partial charge in [-0.15, -0.1) is 11.3 Å². The van der Waals surface area contributed by atoms with Crippen LogP contribution in [0.4, 0.5) is 0 Å². The lowest BCUT2D eigenvalue weighted by Crippen LogP contribution is -1.99. The number of nitrogens with zero attached hydrogens (tertiary/aromatic N) is 2. The molecule has 0 spiro atoms. The van der Waals surface area contributed by atoms with E-state index < -0.39 is 6.10 Å². The molecule has 130 valence electrons. The van der Waals surface area contributed by atoms with E-state index in [4.69, 9.17) is 11.6 Å². The number of H-pyrrole nitrogens is 1. The monoisotopic (exact) mass is 381 g/mol. The predicted molar refractivity (Wildman–Crippen MR) is 105 cm³/mol. The van der Waals surface area contributed by atoms with Crippen molar-refractivity contribution in [2.75, 3.05) is 0 Å². The molecule has 4 nitrogen and oxygen atoms in total. The standard InChI is InChI=1S/C20H16ClN3OS/c1-12-10-14(6-7-22-12)17-11-16(19(26-17)20-23-8-9-24-20)18(25)13-2-4-15(21)5-3-13/h2-11,18,25H,1H3,(H,23,24). The molecule has 0 aliphatic rings. The van der Waals surface area contributed by atoms with Crippen LogP contribution in [0.25, 0.3) is 21.1 Å². The number of benzene rings is 1. The number of aliphatic hydroxyl groups excluding tert-OH is 1. The second kappa shape index (κ2) is 7.03. The van der Waals surface area contributed by atoms with E-state index in [9.17, 15) is 5.11 Å². The molecular formula is C20H16ClN3OS. The number of halogens is 1. The molecule has 0 aliphatic heterocycles. The first-order chi connectivity index (χ1) is 12.6. The van der Waals surface area contributed by atoms with Crippen LogP contribution < -0.4 is 0 Å². The summed E-state index contributed by atoms with van der Waals surface area (Å²) in [6, 6.07) is 13.3. The van der Waals surface area contributed by atoms with Crippen molar-refractivity contribution in [2.45, 2.75) is 13.0 Å². The molecule has 2 N–H and O–H groups in total. The zero-order valence-electron chi connectivity index (χ0n) is 14.0. The van der Waals surface area contributed by atoms with E-state index in [0.29, 0.717) is 5.02 Å². The van der Waals surface area contributed by atoms with Gasteiger partial charge in [0.1, 0.15) is 11.9 Å². The second-order valence-electron chi connectivity index (χ2n) is 5.97. The van der Waals surface area contributed by atoms with Crippen molar-refractivity contribution in [1.29, 1.82) is 0 Å². The summed E-state index contributed by atoms with van der Waals surface area (Å²) < 4.78 is 0. The number of hydrogen-bond acceptors (Lipinski definition) is 4. The number of imidazole rings is 1. The van der Waals surface area contributed by atoms with Crippen molar-refractivity contribution in [3.05, 3.63) is 82.9 Å². The lowest BCUT2D eigenvalue weighted by atomic mass is 10.0. The molecule has 6 heteroatoms. The van der Waals surface area contributed by atoms with Gasteiger partial charge in [0.15, 0.2) is 0 Å². The minimum absolute atomic E-state index is 0.644. The Hall–Kier alpha value is -2.47. The normalized spacial score (nSPS) is 12.3. The van der Waals surface area contributed by atoms with Crippen LogP contribution in [0.15, 0.2) is 61.1 Å². The topological polar surface area (TPSA) is 61.8 Å². The highest BCUT2D eigenvalue weighted by Gasteiger charge is 2.21. The summed E-state index contributed by atoms with van der Waals surface area (Å²) in [5.41, 5.74) is 3.63. The average Bonchev–Trinajstić information content (AvgIpc) is 3.31. The Balaban J connectivity index is 1.83. The molecular weight excluding hydrogens is 366 g/mol. The number of aryl methyl sites for hydroxylation is 1. The van der Waals surface area contributed by atoms with E-state index in [1.807, 2.05) is 37.3 Å². The number of rotatable bonds is 4. The molecule has 0 fully saturated rings. The summed E-state index contributed by atoms with van der Waals surface area (Å²) >= 11 is 7.57. The third-order valence-electron chi connectivity index (χ3n) is 4.14. The number of aliphatic hydroxyl groups is 1. The van der Waals surface area contributed by atoms with Crippen molar-refractivity contribution in [2.24, 2.45) is 0 Å². The van der Waals surface area contributed by atoms with Gasteiger partial charge in [-0.25, -0.2) is 4.98 Å². The molecule has 0 aliphatic carbocycles. The van der Waals surface area contributed by atoms with Crippen LogP contribution in [0.2, 0.25) is 5.02 Å². The van der Waals surface area contributed by atoms with E-state index >= 15 is 0 Å². The van der Waals surface area contributed by atoms with Crippen LogP contribution in [0.1, 0.15) is 22.9 Å². The number of pyridine rings is 1. The van der Waals surface area contributed by atoms with Crippen LogP contribution in [0.3, 0.4) is 0 Å². The average molecular weight is 382 g/mol. The van der Waals surface area contributed by atoms with E-state index in [1.165, 1.54) is 0 Å². The van der Waals surface area contributed by atoms with Crippen LogP contribution in [0, 0.1) is 6.92 Å². The van der Waals surface area contributed by atoms with Gasteiger partial charge in [0.25, 0.3) is 0 Å². The summed E-state index contributed by atoms with van der Waals surface area (Å²) in [7, 11) is 0. The quantitative estimate of drug-likeness (QED) is 0.508. The maximum absolute atomic E-state index is 11.0. The van der Waals surface area contributed by atoms with E-state index in [1.54, 1.807) is 42.1 Å².